The number of fused-ring (bicyclic) bond motifs is 1. The molecular weight excluding hydrogens is 224 g/mol. The highest BCUT2D eigenvalue weighted by Crippen LogP contribution is 2.29. The number of hydrogen-bond acceptors (Lipinski definition) is 2. The minimum Gasteiger partial charge on any atom is -0.497 e. The van der Waals surface area contributed by atoms with Gasteiger partial charge in [-0.1, -0.05) is 13.3 Å². The van der Waals surface area contributed by atoms with Crippen LogP contribution >= 0.6 is 0 Å². The first-order valence-electron chi connectivity index (χ1n) is 6.58. The molecule has 3 nitrogen and oxygen atoms in total. The van der Waals surface area contributed by atoms with Crippen LogP contribution in [0.2, 0.25) is 0 Å². The summed E-state index contributed by atoms with van der Waals surface area (Å²) >= 11 is 0. The molecule has 1 heterocycles. The summed E-state index contributed by atoms with van der Waals surface area (Å²) in [6.07, 6.45) is 2.40. The van der Waals surface area contributed by atoms with Crippen LogP contribution in [0.3, 0.4) is 0 Å². The lowest BCUT2D eigenvalue weighted by Gasteiger charge is -2.07. The largest absolute Gasteiger partial charge is 0.497 e. The lowest BCUT2D eigenvalue weighted by Crippen LogP contribution is -2.02. The summed E-state index contributed by atoms with van der Waals surface area (Å²) in [5.74, 6) is 0.893. The fourth-order valence-electron chi connectivity index (χ4n) is 2.52. The maximum absolute atomic E-state index is 5.90. The van der Waals surface area contributed by atoms with E-state index in [1.807, 2.05) is 6.07 Å². The first kappa shape index (κ1) is 13.0. The second kappa shape index (κ2) is 5.44. The van der Waals surface area contributed by atoms with Crippen molar-refractivity contribution in [1.29, 1.82) is 0 Å². The molecule has 0 bridgehead atoms. The van der Waals surface area contributed by atoms with Crippen LogP contribution in [0.25, 0.3) is 10.9 Å². The molecular formula is C15H22N2O. The quantitative estimate of drug-likeness (QED) is 0.880. The number of nitrogens with zero attached hydrogens (tertiary/aromatic N) is 1. The van der Waals surface area contributed by atoms with Gasteiger partial charge >= 0.3 is 0 Å². The molecule has 0 atom stereocenters. The molecule has 0 saturated heterocycles. The van der Waals surface area contributed by atoms with E-state index in [0.29, 0.717) is 6.54 Å². The van der Waals surface area contributed by atoms with Gasteiger partial charge in [-0.25, -0.2) is 0 Å². The van der Waals surface area contributed by atoms with Gasteiger partial charge in [-0.2, -0.15) is 0 Å². The van der Waals surface area contributed by atoms with Gasteiger partial charge in [-0.15, -0.1) is 0 Å². The van der Waals surface area contributed by atoms with Gasteiger partial charge in [0.05, 0.1) is 7.11 Å². The van der Waals surface area contributed by atoms with Crippen molar-refractivity contribution in [2.24, 2.45) is 5.73 Å². The Hall–Kier alpha value is -1.48. The SMILES string of the molecule is CCCCn1c(C)c(CN)c2cc(OC)ccc21. The van der Waals surface area contributed by atoms with Crippen LogP contribution in [0.5, 0.6) is 5.75 Å². The van der Waals surface area contributed by atoms with Crippen molar-refractivity contribution in [3.05, 3.63) is 29.5 Å². The van der Waals surface area contributed by atoms with E-state index in [9.17, 15) is 0 Å². The molecule has 0 aliphatic carbocycles. The fraction of sp³-hybridized carbons (Fsp3) is 0.467. The number of benzene rings is 1. The van der Waals surface area contributed by atoms with Crippen LogP contribution in [0, 0.1) is 6.92 Å². The Morgan fingerprint density at radius 1 is 1.33 bits per heavy atom. The molecule has 0 amide bonds. The molecule has 18 heavy (non-hydrogen) atoms. The Labute approximate surface area is 109 Å². The van der Waals surface area contributed by atoms with E-state index in [1.54, 1.807) is 7.11 Å². The van der Waals surface area contributed by atoms with Crippen molar-refractivity contribution in [1.82, 2.24) is 4.57 Å². The molecule has 1 aromatic carbocycles. The summed E-state index contributed by atoms with van der Waals surface area (Å²) in [7, 11) is 1.70. The van der Waals surface area contributed by atoms with Crippen LogP contribution in [0.1, 0.15) is 31.0 Å². The number of methoxy groups -OCH3 is 1. The number of aromatic nitrogens is 1. The standard InChI is InChI=1S/C15H22N2O/c1-4-5-8-17-11(2)14(10-16)13-9-12(18-3)6-7-15(13)17/h6-7,9H,4-5,8,10,16H2,1-3H3. The first-order valence-corrected chi connectivity index (χ1v) is 6.58. The smallest absolute Gasteiger partial charge is 0.119 e. The molecule has 0 fully saturated rings. The zero-order chi connectivity index (χ0) is 13.1. The van der Waals surface area contributed by atoms with E-state index < -0.39 is 0 Å². The number of rotatable bonds is 5. The van der Waals surface area contributed by atoms with Crippen LogP contribution in [0.4, 0.5) is 0 Å². The number of ether oxygens (including phenoxy) is 1. The average molecular weight is 246 g/mol. The maximum Gasteiger partial charge on any atom is 0.119 e. The van der Waals surface area contributed by atoms with Gasteiger partial charge < -0.3 is 15.0 Å². The number of aryl methyl sites for hydroxylation is 1. The first-order chi connectivity index (χ1) is 8.72. The second-order valence-corrected chi connectivity index (χ2v) is 4.66. The topological polar surface area (TPSA) is 40.2 Å². The molecule has 2 aromatic rings. The summed E-state index contributed by atoms with van der Waals surface area (Å²) in [6, 6.07) is 6.24. The lowest BCUT2D eigenvalue weighted by atomic mass is 10.1. The van der Waals surface area contributed by atoms with E-state index in [4.69, 9.17) is 10.5 Å². The molecule has 0 radical (unpaired) electrons. The van der Waals surface area contributed by atoms with Gasteiger partial charge in [0, 0.05) is 29.7 Å². The molecule has 0 aliphatic rings. The Kier molecular flexibility index (Phi) is 3.92. The minimum absolute atomic E-state index is 0.578. The molecule has 98 valence electrons. The predicted octanol–water partition coefficient (Wildman–Crippen LogP) is 3.22. The molecule has 0 unspecified atom stereocenters. The van der Waals surface area contributed by atoms with Gasteiger partial charge in [0.25, 0.3) is 0 Å². The molecule has 0 aliphatic heterocycles. The maximum atomic E-state index is 5.90. The van der Waals surface area contributed by atoms with Gasteiger partial charge in [0.15, 0.2) is 0 Å². The van der Waals surface area contributed by atoms with Crippen molar-refractivity contribution in [3.8, 4) is 5.75 Å². The Morgan fingerprint density at radius 2 is 2.11 bits per heavy atom. The van der Waals surface area contributed by atoms with Crippen LogP contribution in [0.15, 0.2) is 18.2 Å². The highest BCUT2D eigenvalue weighted by atomic mass is 16.5. The van der Waals surface area contributed by atoms with Crippen LogP contribution in [-0.2, 0) is 13.1 Å². The summed E-state index contributed by atoms with van der Waals surface area (Å²) < 4.78 is 7.68. The molecule has 2 N–H and O–H groups in total. The monoisotopic (exact) mass is 246 g/mol. The van der Waals surface area contributed by atoms with Crippen molar-refractivity contribution < 1.29 is 4.74 Å². The van der Waals surface area contributed by atoms with E-state index in [2.05, 4.69) is 30.5 Å². The Morgan fingerprint density at radius 3 is 2.72 bits per heavy atom. The van der Waals surface area contributed by atoms with Gasteiger partial charge in [-0.05, 0) is 37.1 Å². The normalized spacial score (nSPS) is 11.1. The van der Waals surface area contributed by atoms with E-state index >= 15 is 0 Å². The number of unbranched alkanes of at least 4 members (excludes halogenated alkanes) is 1. The third-order valence-electron chi connectivity index (χ3n) is 3.60. The summed E-state index contributed by atoms with van der Waals surface area (Å²) in [5, 5.41) is 1.23. The third kappa shape index (κ3) is 2.10. The minimum atomic E-state index is 0.578. The van der Waals surface area contributed by atoms with Crippen molar-refractivity contribution in [2.45, 2.75) is 39.8 Å². The molecule has 3 heteroatoms. The van der Waals surface area contributed by atoms with Crippen LogP contribution in [-0.4, -0.2) is 11.7 Å². The predicted molar refractivity (Wildman–Crippen MR) is 76.0 cm³/mol. The molecule has 0 spiro atoms. The van der Waals surface area contributed by atoms with Gasteiger partial charge in [0.2, 0.25) is 0 Å². The Bertz CT molecular complexity index is 543. The van der Waals surface area contributed by atoms with Gasteiger partial charge in [0.1, 0.15) is 5.75 Å². The summed E-state index contributed by atoms with van der Waals surface area (Å²) in [4.78, 5) is 0. The van der Waals surface area contributed by atoms with Crippen molar-refractivity contribution in [2.75, 3.05) is 7.11 Å². The second-order valence-electron chi connectivity index (χ2n) is 4.66. The highest BCUT2D eigenvalue weighted by molar-refractivity contribution is 5.86. The lowest BCUT2D eigenvalue weighted by molar-refractivity contribution is 0.415. The number of nitrogens with two attached hydrogens (primary N) is 1. The zero-order valence-electron chi connectivity index (χ0n) is 11.5. The molecule has 0 saturated carbocycles. The summed E-state index contributed by atoms with van der Waals surface area (Å²) in [6.45, 7) is 6.01. The van der Waals surface area contributed by atoms with Crippen molar-refractivity contribution in [3.63, 3.8) is 0 Å². The fourth-order valence-corrected chi connectivity index (χ4v) is 2.52. The van der Waals surface area contributed by atoms with Crippen LogP contribution < -0.4 is 10.5 Å². The molecule has 1 aromatic heterocycles. The molecule has 2 rings (SSSR count). The number of hydrogen-bond donors (Lipinski definition) is 1. The highest BCUT2D eigenvalue weighted by Gasteiger charge is 2.13. The third-order valence-corrected chi connectivity index (χ3v) is 3.60. The van der Waals surface area contributed by atoms with Crippen molar-refractivity contribution >= 4 is 10.9 Å². The van der Waals surface area contributed by atoms with E-state index in [0.717, 1.165) is 12.3 Å². The summed E-state index contributed by atoms with van der Waals surface area (Å²) in [5.41, 5.74) is 9.68. The Balaban J connectivity index is 2.60. The van der Waals surface area contributed by atoms with Gasteiger partial charge in [-0.3, -0.25) is 0 Å². The van der Waals surface area contributed by atoms with E-state index in [1.165, 1.54) is 35.0 Å². The average Bonchev–Trinajstić information content (AvgIpc) is 2.66. The van der Waals surface area contributed by atoms with E-state index in [-0.39, 0.29) is 0 Å². The zero-order valence-corrected chi connectivity index (χ0v) is 11.5.